The van der Waals surface area contributed by atoms with E-state index in [4.69, 9.17) is 16.3 Å². The number of hydrogen-bond donors (Lipinski definition) is 1. The van der Waals surface area contributed by atoms with E-state index in [-0.39, 0.29) is 35.9 Å². The molecule has 1 N–H and O–H groups in total. The summed E-state index contributed by atoms with van der Waals surface area (Å²) in [5, 5.41) is 4.01. The maximum absolute atomic E-state index is 13.1. The molecule has 1 aromatic carbocycles. The van der Waals surface area contributed by atoms with Gasteiger partial charge in [-0.3, -0.25) is 4.99 Å². The SMILES string of the molecule is CN=C(NCC(OC)c1ccc(F)cc1)N(C)Cc1cc(Cl)cn1C.I. The molecule has 2 rings (SSSR count). The third-order valence-corrected chi connectivity index (χ3v) is 4.23. The quantitative estimate of drug-likeness (QED) is 0.377. The minimum atomic E-state index is -0.261. The van der Waals surface area contributed by atoms with Crippen molar-refractivity contribution >= 4 is 41.5 Å². The molecule has 1 heterocycles. The summed E-state index contributed by atoms with van der Waals surface area (Å²) in [6, 6.07) is 8.25. The van der Waals surface area contributed by atoms with Gasteiger partial charge in [-0.1, -0.05) is 23.7 Å². The second-order valence-electron chi connectivity index (χ2n) is 5.82. The first kappa shape index (κ1) is 22.7. The van der Waals surface area contributed by atoms with E-state index in [2.05, 4.69) is 10.3 Å². The fourth-order valence-electron chi connectivity index (χ4n) is 2.62. The van der Waals surface area contributed by atoms with E-state index in [1.807, 2.05) is 35.8 Å². The summed E-state index contributed by atoms with van der Waals surface area (Å²) in [6.07, 6.45) is 1.67. The Bertz CT molecular complexity index is 720. The monoisotopic (exact) mass is 494 g/mol. The number of methoxy groups -OCH3 is 1. The van der Waals surface area contributed by atoms with Gasteiger partial charge in [0.15, 0.2) is 5.96 Å². The second-order valence-corrected chi connectivity index (χ2v) is 6.26. The van der Waals surface area contributed by atoms with Crippen molar-refractivity contribution in [2.75, 3.05) is 27.7 Å². The number of halogens is 3. The highest BCUT2D eigenvalue weighted by molar-refractivity contribution is 14.0. The highest BCUT2D eigenvalue weighted by Gasteiger charge is 2.14. The van der Waals surface area contributed by atoms with Crippen molar-refractivity contribution in [3.63, 3.8) is 0 Å². The number of hydrogen-bond acceptors (Lipinski definition) is 2. The Balaban J connectivity index is 0.00000338. The Hall–Kier alpha value is -1.32. The van der Waals surface area contributed by atoms with Crippen LogP contribution in [0.5, 0.6) is 0 Å². The van der Waals surface area contributed by atoms with Crippen LogP contribution in [-0.4, -0.2) is 43.2 Å². The highest BCUT2D eigenvalue weighted by atomic mass is 127. The predicted octanol–water partition coefficient (Wildman–Crippen LogP) is 3.83. The number of nitrogens with zero attached hydrogens (tertiary/aromatic N) is 3. The third-order valence-electron chi connectivity index (χ3n) is 4.02. The van der Waals surface area contributed by atoms with Crippen molar-refractivity contribution in [1.29, 1.82) is 0 Å². The first-order valence-electron chi connectivity index (χ1n) is 7.95. The Morgan fingerprint density at radius 2 is 2.04 bits per heavy atom. The fourth-order valence-corrected chi connectivity index (χ4v) is 2.90. The van der Waals surface area contributed by atoms with Gasteiger partial charge < -0.3 is 19.5 Å². The molecule has 1 aromatic heterocycles. The lowest BCUT2D eigenvalue weighted by molar-refractivity contribution is 0.106. The maximum Gasteiger partial charge on any atom is 0.193 e. The number of guanidine groups is 1. The van der Waals surface area contributed by atoms with Crippen molar-refractivity contribution in [1.82, 2.24) is 14.8 Å². The van der Waals surface area contributed by atoms with Gasteiger partial charge in [-0.2, -0.15) is 0 Å². The molecule has 0 aliphatic rings. The number of nitrogens with one attached hydrogen (secondary N) is 1. The maximum atomic E-state index is 13.1. The number of aromatic nitrogens is 1. The van der Waals surface area contributed by atoms with Gasteiger partial charge in [0.1, 0.15) is 5.82 Å². The molecule has 144 valence electrons. The zero-order valence-electron chi connectivity index (χ0n) is 15.4. The molecule has 26 heavy (non-hydrogen) atoms. The van der Waals surface area contributed by atoms with Crippen LogP contribution in [0.4, 0.5) is 4.39 Å². The van der Waals surface area contributed by atoms with Crippen LogP contribution in [0.3, 0.4) is 0 Å². The molecule has 1 atom stereocenters. The number of rotatable bonds is 6. The Morgan fingerprint density at radius 1 is 1.38 bits per heavy atom. The molecule has 0 amide bonds. The lowest BCUT2D eigenvalue weighted by Gasteiger charge is -2.24. The largest absolute Gasteiger partial charge is 0.375 e. The summed E-state index contributed by atoms with van der Waals surface area (Å²) >= 11 is 6.03. The molecular formula is C18H25ClFIN4O. The van der Waals surface area contributed by atoms with Crippen LogP contribution < -0.4 is 5.32 Å². The van der Waals surface area contributed by atoms with E-state index in [1.165, 1.54) is 12.1 Å². The first-order chi connectivity index (χ1) is 11.9. The standard InChI is InChI=1S/C18H24ClFN4O.HI/c1-21-18(24(3)12-16-9-14(19)11-23(16)2)22-10-17(25-4)13-5-7-15(20)8-6-13;/h5-9,11,17H,10,12H2,1-4H3,(H,21,22);1H. The number of ether oxygens (including phenoxy) is 1. The summed E-state index contributed by atoms with van der Waals surface area (Å²) in [4.78, 5) is 6.31. The van der Waals surface area contributed by atoms with Crippen LogP contribution >= 0.6 is 35.6 Å². The lowest BCUT2D eigenvalue weighted by atomic mass is 10.1. The van der Waals surface area contributed by atoms with Gasteiger partial charge >= 0.3 is 0 Å². The minimum Gasteiger partial charge on any atom is -0.375 e. The van der Waals surface area contributed by atoms with Crippen LogP contribution in [0.15, 0.2) is 41.5 Å². The van der Waals surface area contributed by atoms with Gasteiger partial charge in [0.05, 0.1) is 17.7 Å². The summed E-state index contributed by atoms with van der Waals surface area (Å²) in [7, 11) is 7.28. The minimum absolute atomic E-state index is 0. The molecule has 0 aliphatic carbocycles. The zero-order valence-corrected chi connectivity index (χ0v) is 18.5. The number of aryl methyl sites for hydroxylation is 1. The Kier molecular flexibility index (Phi) is 9.38. The van der Waals surface area contributed by atoms with Crippen LogP contribution in [-0.2, 0) is 18.3 Å². The van der Waals surface area contributed by atoms with Crippen molar-refractivity contribution in [3.05, 3.63) is 58.6 Å². The van der Waals surface area contributed by atoms with Crippen LogP contribution in [0.2, 0.25) is 5.02 Å². The Labute approximate surface area is 176 Å². The van der Waals surface area contributed by atoms with Gasteiger partial charge in [-0.15, -0.1) is 24.0 Å². The van der Waals surface area contributed by atoms with Crippen LogP contribution in [0, 0.1) is 5.82 Å². The van der Waals surface area contributed by atoms with Gasteiger partial charge in [-0.05, 0) is 23.8 Å². The van der Waals surface area contributed by atoms with Gasteiger partial charge in [0, 0.05) is 46.7 Å². The van der Waals surface area contributed by atoms with Crippen molar-refractivity contribution in [2.45, 2.75) is 12.6 Å². The molecule has 0 fully saturated rings. The molecule has 2 aromatic rings. The fraction of sp³-hybridized carbons (Fsp3) is 0.389. The molecule has 0 saturated heterocycles. The normalized spacial score (nSPS) is 12.5. The molecule has 0 radical (unpaired) electrons. The van der Waals surface area contributed by atoms with Gasteiger partial charge in [0.25, 0.3) is 0 Å². The summed E-state index contributed by atoms with van der Waals surface area (Å²) in [5.41, 5.74) is 1.99. The van der Waals surface area contributed by atoms with E-state index in [9.17, 15) is 4.39 Å². The average Bonchev–Trinajstić information content (AvgIpc) is 2.90. The van der Waals surface area contributed by atoms with Crippen molar-refractivity contribution in [3.8, 4) is 0 Å². The smallest absolute Gasteiger partial charge is 0.193 e. The van der Waals surface area contributed by atoms with Gasteiger partial charge in [0.2, 0.25) is 0 Å². The van der Waals surface area contributed by atoms with Crippen LogP contribution in [0.25, 0.3) is 0 Å². The van der Waals surface area contributed by atoms with E-state index in [0.29, 0.717) is 18.1 Å². The molecule has 5 nitrogen and oxygen atoms in total. The first-order valence-corrected chi connectivity index (χ1v) is 8.33. The molecule has 8 heteroatoms. The lowest BCUT2D eigenvalue weighted by Crippen LogP contribution is -2.40. The van der Waals surface area contributed by atoms with E-state index in [0.717, 1.165) is 17.2 Å². The predicted molar refractivity (Wildman–Crippen MR) is 115 cm³/mol. The van der Waals surface area contributed by atoms with E-state index >= 15 is 0 Å². The number of aliphatic imine (C=N–C) groups is 1. The van der Waals surface area contributed by atoms with E-state index in [1.54, 1.807) is 26.3 Å². The van der Waals surface area contributed by atoms with E-state index < -0.39 is 0 Å². The van der Waals surface area contributed by atoms with Crippen molar-refractivity contribution < 1.29 is 9.13 Å². The molecule has 0 saturated carbocycles. The third kappa shape index (κ3) is 6.14. The number of benzene rings is 1. The zero-order chi connectivity index (χ0) is 18.4. The summed E-state index contributed by atoms with van der Waals surface area (Å²) in [6.45, 7) is 1.18. The molecule has 0 bridgehead atoms. The molecule has 0 spiro atoms. The van der Waals surface area contributed by atoms with Gasteiger partial charge in [-0.25, -0.2) is 4.39 Å². The summed E-state index contributed by atoms with van der Waals surface area (Å²) < 4.78 is 20.6. The second kappa shape index (κ2) is 10.7. The molecule has 0 aliphatic heterocycles. The summed E-state index contributed by atoms with van der Waals surface area (Å²) in [5.74, 6) is 0.477. The molecular weight excluding hydrogens is 470 g/mol. The van der Waals surface area contributed by atoms with Crippen LogP contribution in [0.1, 0.15) is 17.4 Å². The Morgan fingerprint density at radius 3 is 2.54 bits per heavy atom. The topological polar surface area (TPSA) is 41.8 Å². The highest BCUT2D eigenvalue weighted by Crippen LogP contribution is 2.17. The molecule has 1 unspecified atom stereocenters. The average molecular weight is 495 g/mol. The van der Waals surface area contributed by atoms with Crippen molar-refractivity contribution in [2.24, 2.45) is 12.0 Å².